The summed E-state index contributed by atoms with van der Waals surface area (Å²) in [6, 6.07) is 6.25. The summed E-state index contributed by atoms with van der Waals surface area (Å²) in [5, 5.41) is 0.714. The van der Waals surface area contributed by atoms with Crippen molar-refractivity contribution >= 4 is 15.7 Å². The largest absolute Gasteiger partial charge is 0.353 e. The fourth-order valence-corrected chi connectivity index (χ4v) is 5.02. The number of hydrogen-bond donors (Lipinski definition) is 1. The number of carbonyl (C=O) groups is 1. The molecule has 0 aliphatic heterocycles. The Kier molecular flexibility index (Phi) is 4.22. The number of nitrogens with one attached hydrogen (secondary N) is 1. The van der Waals surface area contributed by atoms with E-state index in [-0.39, 0.29) is 35.1 Å². The van der Waals surface area contributed by atoms with Crippen LogP contribution in [0.5, 0.6) is 0 Å². The smallest absolute Gasteiger partial charge is 0.226 e. The quantitative estimate of drug-likeness (QED) is 0.903. The van der Waals surface area contributed by atoms with E-state index in [0.29, 0.717) is 12.8 Å². The summed E-state index contributed by atoms with van der Waals surface area (Å²) >= 11 is 0. The first-order chi connectivity index (χ1) is 11.2. The van der Waals surface area contributed by atoms with Crippen LogP contribution in [0, 0.1) is 12.3 Å². The van der Waals surface area contributed by atoms with E-state index in [2.05, 4.69) is 5.32 Å². The maximum atomic E-state index is 15.2. The number of sulfone groups is 1. The Labute approximate surface area is 142 Å². The first-order valence-electron chi connectivity index (χ1n) is 8.48. The fraction of sp³-hybridized carbons (Fsp3) is 0.611. The second-order valence-electron chi connectivity index (χ2n) is 7.51. The van der Waals surface area contributed by atoms with E-state index < -0.39 is 14.8 Å². The summed E-state index contributed by atoms with van der Waals surface area (Å²) < 4.78 is 40.6. The van der Waals surface area contributed by atoms with E-state index in [1.807, 2.05) is 6.92 Å². The zero-order valence-electron chi connectivity index (χ0n) is 14.1. The number of amides is 1. The standard InChI is InChI=1S/C18H24FNO3S/c1-13-4-3-5-15(12-13)24(22,23)18(19)8-6-14(7-9-18)20-16(21)17(2)10-11-17/h3-5,12,14H,6-11H2,1-2H3,(H,20,21)/t14-,18+. The van der Waals surface area contributed by atoms with Gasteiger partial charge in [0.15, 0.2) is 0 Å². The Morgan fingerprint density at radius 2 is 1.83 bits per heavy atom. The average molecular weight is 353 g/mol. The van der Waals surface area contributed by atoms with E-state index in [1.165, 1.54) is 12.1 Å². The zero-order valence-corrected chi connectivity index (χ0v) is 15.0. The van der Waals surface area contributed by atoms with Crippen LogP contribution in [0.2, 0.25) is 0 Å². The maximum Gasteiger partial charge on any atom is 0.226 e. The molecule has 24 heavy (non-hydrogen) atoms. The van der Waals surface area contributed by atoms with Crippen molar-refractivity contribution in [3.05, 3.63) is 29.8 Å². The molecule has 3 rings (SSSR count). The maximum absolute atomic E-state index is 15.2. The molecule has 1 N–H and O–H groups in total. The van der Waals surface area contributed by atoms with E-state index >= 15 is 4.39 Å². The zero-order chi connectivity index (χ0) is 17.6. The fourth-order valence-electron chi connectivity index (χ4n) is 3.23. The third kappa shape index (κ3) is 3.08. The van der Waals surface area contributed by atoms with Crippen molar-refractivity contribution in [1.29, 1.82) is 0 Å². The van der Waals surface area contributed by atoms with Crippen LogP contribution in [0.25, 0.3) is 0 Å². The van der Waals surface area contributed by atoms with Gasteiger partial charge in [-0.05, 0) is 63.1 Å². The molecular formula is C18H24FNO3S. The van der Waals surface area contributed by atoms with Crippen molar-refractivity contribution in [2.24, 2.45) is 5.41 Å². The Balaban J connectivity index is 1.69. The average Bonchev–Trinajstić information content (AvgIpc) is 3.29. The third-order valence-electron chi connectivity index (χ3n) is 5.40. The van der Waals surface area contributed by atoms with Crippen LogP contribution >= 0.6 is 0 Å². The highest BCUT2D eigenvalue weighted by molar-refractivity contribution is 7.92. The number of rotatable bonds is 4. The molecule has 0 heterocycles. The van der Waals surface area contributed by atoms with Gasteiger partial charge in [0.1, 0.15) is 0 Å². The summed E-state index contributed by atoms with van der Waals surface area (Å²) in [6.45, 7) is 3.71. The van der Waals surface area contributed by atoms with Crippen molar-refractivity contribution < 1.29 is 17.6 Å². The summed E-state index contributed by atoms with van der Waals surface area (Å²) in [7, 11) is -4.03. The minimum atomic E-state index is -4.03. The lowest BCUT2D eigenvalue weighted by Gasteiger charge is -2.34. The van der Waals surface area contributed by atoms with Gasteiger partial charge in [0, 0.05) is 11.5 Å². The second kappa shape index (κ2) is 5.83. The predicted octanol–water partition coefficient (Wildman–Crippen LogP) is 3.29. The van der Waals surface area contributed by atoms with Gasteiger partial charge < -0.3 is 5.32 Å². The number of halogens is 1. The first-order valence-corrected chi connectivity index (χ1v) is 9.96. The van der Waals surface area contributed by atoms with Gasteiger partial charge in [0.05, 0.1) is 4.90 Å². The van der Waals surface area contributed by atoms with Crippen LogP contribution in [0.1, 0.15) is 51.0 Å². The van der Waals surface area contributed by atoms with E-state index in [9.17, 15) is 13.2 Å². The lowest BCUT2D eigenvalue weighted by atomic mass is 9.92. The lowest BCUT2D eigenvalue weighted by molar-refractivity contribution is -0.126. The van der Waals surface area contributed by atoms with Gasteiger partial charge >= 0.3 is 0 Å². The molecule has 0 spiro atoms. The number of aryl methyl sites for hydroxylation is 1. The van der Waals surface area contributed by atoms with Crippen LogP contribution in [0.15, 0.2) is 29.2 Å². The molecule has 1 amide bonds. The van der Waals surface area contributed by atoms with Crippen molar-refractivity contribution in [1.82, 2.24) is 5.32 Å². The van der Waals surface area contributed by atoms with Crippen molar-refractivity contribution in [2.45, 2.75) is 68.3 Å². The predicted molar refractivity (Wildman–Crippen MR) is 89.9 cm³/mol. The Morgan fingerprint density at radius 3 is 2.38 bits per heavy atom. The summed E-state index contributed by atoms with van der Waals surface area (Å²) in [5.41, 5.74) is 0.524. The van der Waals surface area contributed by atoms with Gasteiger partial charge in [0.2, 0.25) is 20.7 Å². The summed E-state index contributed by atoms with van der Waals surface area (Å²) in [4.78, 5) is 12.1. The second-order valence-corrected chi connectivity index (χ2v) is 9.72. The van der Waals surface area contributed by atoms with Gasteiger partial charge in [-0.1, -0.05) is 19.1 Å². The van der Waals surface area contributed by atoms with Crippen molar-refractivity contribution in [2.75, 3.05) is 0 Å². The molecule has 6 heteroatoms. The topological polar surface area (TPSA) is 63.2 Å². The van der Waals surface area contributed by atoms with Gasteiger partial charge in [-0.3, -0.25) is 4.79 Å². The van der Waals surface area contributed by atoms with Crippen LogP contribution in [0.3, 0.4) is 0 Å². The van der Waals surface area contributed by atoms with Gasteiger partial charge in [0.25, 0.3) is 0 Å². The third-order valence-corrected chi connectivity index (χ3v) is 7.64. The molecule has 1 aromatic carbocycles. The highest BCUT2D eigenvalue weighted by Crippen LogP contribution is 2.46. The van der Waals surface area contributed by atoms with Crippen molar-refractivity contribution in [3.8, 4) is 0 Å². The Morgan fingerprint density at radius 1 is 1.21 bits per heavy atom. The number of carbonyl (C=O) groups excluding carboxylic acids is 1. The molecular weight excluding hydrogens is 329 g/mol. The molecule has 2 aliphatic carbocycles. The molecule has 2 fully saturated rings. The van der Waals surface area contributed by atoms with Crippen LogP contribution in [-0.2, 0) is 14.6 Å². The molecule has 0 saturated heterocycles. The van der Waals surface area contributed by atoms with Crippen LogP contribution in [-0.4, -0.2) is 25.4 Å². The SMILES string of the molecule is Cc1cccc(S(=O)(=O)[C@]2(F)CC[C@H](NC(=O)C3(C)CC3)CC2)c1. The molecule has 0 aromatic heterocycles. The minimum Gasteiger partial charge on any atom is -0.353 e. The number of alkyl halides is 1. The van der Waals surface area contributed by atoms with Crippen LogP contribution < -0.4 is 5.32 Å². The Hall–Kier alpha value is -1.43. The molecule has 0 atom stereocenters. The monoisotopic (exact) mass is 353 g/mol. The molecule has 0 radical (unpaired) electrons. The molecule has 0 bridgehead atoms. The van der Waals surface area contributed by atoms with Gasteiger partial charge in [-0.15, -0.1) is 0 Å². The Bertz CT molecular complexity index is 747. The molecule has 132 valence electrons. The summed E-state index contributed by atoms with van der Waals surface area (Å²) in [6.07, 6.45) is 2.32. The van der Waals surface area contributed by atoms with Gasteiger partial charge in [-0.25, -0.2) is 12.8 Å². The first kappa shape index (κ1) is 17.4. The molecule has 2 saturated carbocycles. The number of benzene rings is 1. The lowest BCUT2D eigenvalue weighted by Crippen LogP contribution is -2.46. The molecule has 1 aromatic rings. The molecule has 2 aliphatic rings. The normalized spacial score (nSPS) is 29.0. The molecule has 0 unspecified atom stereocenters. The highest BCUT2D eigenvalue weighted by Gasteiger charge is 2.49. The van der Waals surface area contributed by atoms with Gasteiger partial charge in [-0.2, -0.15) is 0 Å². The summed E-state index contributed by atoms with van der Waals surface area (Å²) in [5.74, 6) is 0.0143. The molecule has 4 nitrogen and oxygen atoms in total. The van der Waals surface area contributed by atoms with E-state index in [0.717, 1.165) is 18.4 Å². The van der Waals surface area contributed by atoms with Crippen molar-refractivity contribution in [3.63, 3.8) is 0 Å². The van der Waals surface area contributed by atoms with Crippen LogP contribution in [0.4, 0.5) is 4.39 Å². The van der Waals surface area contributed by atoms with E-state index in [4.69, 9.17) is 0 Å². The minimum absolute atomic E-state index is 0.0143. The number of hydrogen-bond acceptors (Lipinski definition) is 3. The highest BCUT2D eigenvalue weighted by atomic mass is 32.2. The van der Waals surface area contributed by atoms with E-state index in [1.54, 1.807) is 19.1 Å².